The predicted octanol–water partition coefficient (Wildman–Crippen LogP) is 2.76. The van der Waals surface area contributed by atoms with Gasteiger partial charge >= 0.3 is 0 Å². The van der Waals surface area contributed by atoms with Crippen molar-refractivity contribution in [3.63, 3.8) is 0 Å². The molecule has 18 heavy (non-hydrogen) atoms. The average Bonchev–Trinajstić information content (AvgIpc) is 3.13. The molecule has 0 N–H and O–H groups in total. The number of sulfonamides is 1. The van der Waals surface area contributed by atoms with E-state index >= 15 is 0 Å². The number of aryl methyl sites for hydroxylation is 1. The smallest absolute Gasteiger partial charge is 0.207 e. The number of hydrogen-bond donors (Lipinski definition) is 0. The van der Waals surface area contributed by atoms with Crippen LogP contribution in [0.3, 0.4) is 0 Å². The minimum atomic E-state index is -3.38. The van der Waals surface area contributed by atoms with Gasteiger partial charge in [-0.25, -0.2) is 12.7 Å². The zero-order valence-corrected chi connectivity index (χ0v) is 12.3. The van der Waals surface area contributed by atoms with Gasteiger partial charge in [-0.2, -0.15) is 0 Å². The fourth-order valence-electron chi connectivity index (χ4n) is 1.94. The Morgan fingerprint density at radius 2 is 2.06 bits per heavy atom. The lowest BCUT2D eigenvalue weighted by Crippen LogP contribution is -2.29. The maximum Gasteiger partial charge on any atom is 0.243 e. The van der Waals surface area contributed by atoms with Crippen LogP contribution in [0.25, 0.3) is 0 Å². The van der Waals surface area contributed by atoms with Crippen LogP contribution >= 0.6 is 11.6 Å². The molecule has 1 aliphatic rings. The highest BCUT2D eigenvalue weighted by atomic mass is 35.5. The largest absolute Gasteiger partial charge is 0.243 e. The van der Waals surface area contributed by atoms with Crippen LogP contribution in [-0.4, -0.2) is 26.3 Å². The van der Waals surface area contributed by atoms with E-state index in [2.05, 4.69) is 0 Å². The predicted molar refractivity (Wildman–Crippen MR) is 73.3 cm³/mol. The fourth-order valence-corrected chi connectivity index (χ4v) is 3.62. The Hall–Kier alpha value is -0.580. The lowest BCUT2D eigenvalue weighted by Gasteiger charge is -2.18. The van der Waals surface area contributed by atoms with Gasteiger partial charge in [0.2, 0.25) is 10.0 Å². The highest BCUT2D eigenvalue weighted by Crippen LogP contribution is 2.31. The standard InChI is InChI=1S/C13H18ClNO2S/c1-10-3-4-12(8-14)7-13(10)18(16,17)15(2)9-11-5-6-11/h3-4,7,11H,5-6,8-9H2,1-2H3. The van der Waals surface area contributed by atoms with Gasteiger partial charge in [-0.15, -0.1) is 11.6 Å². The van der Waals surface area contributed by atoms with Crippen molar-refractivity contribution in [3.8, 4) is 0 Å². The zero-order valence-electron chi connectivity index (χ0n) is 10.7. The van der Waals surface area contributed by atoms with E-state index in [9.17, 15) is 8.42 Å². The van der Waals surface area contributed by atoms with Gasteiger partial charge in [0.05, 0.1) is 4.90 Å². The average molecular weight is 288 g/mol. The Balaban J connectivity index is 2.32. The molecule has 2 rings (SSSR count). The summed E-state index contributed by atoms with van der Waals surface area (Å²) in [7, 11) is -1.73. The second-order valence-corrected chi connectivity index (χ2v) is 7.24. The first-order chi connectivity index (χ1) is 8.45. The number of alkyl halides is 1. The van der Waals surface area contributed by atoms with E-state index in [1.807, 2.05) is 19.1 Å². The number of rotatable bonds is 5. The molecular formula is C13H18ClNO2S. The Morgan fingerprint density at radius 1 is 1.39 bits per heavy atom. The van der Waals surface area contributed by atoms with Gasteiger partial charge in [-0.05, 0) is 42.9 Å². The van der Waals surface area contributed by atoms with Crippen molar-refractivity contribution in [1.82, 2.24) is 4.31 Å². The van der Waals surface area contributed by atoms with E-state index in [1.54, 1.807) is 13.1 Å². The molecule has 0 aromatic heterocycles. The summed E-state index contributed by atoms with van der Waals surface area (Å²) in [6, 6.07) is 5.36. The number of hydrogen-bond acceptors (Lipinski definition) is 2. The molecule has 0 atom stereocenters. The van der Waals surface area contributed by atoms with Crippen LogP contribution in [-0.2, 0) is 15.9 Å². The first-order valence-electron chi connectivity index (χ1n) is 6.07. The van der Waals surface area contributed by atoms with Crippen LogP contribution in [0, 0.1) is 12.8 Å². The van der Waals surface area contributed by atoms with E-state index < -0.39 is 10.0 Å². The molecule has 0 amide bonds. The van der Waals surface area contributed by atoms with Crippen LogP contribution in [0.15, 0.2) is 23.1 Å². The van der Waals surface area contributed by atoms with Crippen LogP contribution < -0.4 is 0 Å². The molecule has 1 aromatic rings. The Morgan fingerprint density at radius 3 is 2.61 bits per heavy atom. The van der Waals surface area contributed by atoms with Crippen molar-refractivity contribution in [2.24, 2.45) is 5.92 Å². The van der Waals surface area contributed by atoms with Crippen molar-refractivity contribution < 1.29 is 8.42 Å². The normalized spacial score (nSPS) is 16.2. The van der Waals surface area contributed by atoms with Crippen molar-refractivity contribution in [2.45, 2.75) is 30.5 Å². The fraction of sp³-hybridized carbons (Fsp3) is 0.538. The van der Waals surface area contributed by atoms with Crippen molar-refractivity contribution in [2.75, 3.05) is 13.6 Å². The van der Waals surface area contributed by atoms with Gasteiger partial charge in [0.15, 0.2) is 0 Å². The van der Waals surface area contributed by atoms with Gasteiger partial charge in [-0.1, -0.05) is 12.1 Å². The van der Waals surface area contributed by atoms with Gasteiger partial charge in [0.25, 0.3) is 0 Å². The molecule has 1 fully saturated rings. The van der Waals surface area contributed by atoms with Crippen LogP contribution in [0.1, 0.15) is 24.0 Å². The quantitative estimate of drug-likeness (QED) is 0.781. The number of benzene rings is 1. The highest BCUT2D eigenvalue weighted by molar-refractivity contribution is 7.89. The Bertz CT molecular complexity index is 538. The molecule has 0 bridgehead atoms. The second-order valence-electron chi connectivity index (χ2n) is 4.96. The van der Waals surface area contributed by atoms with Crippen LogP contribution in [0.5, 0.6) is 0 Å². The minimum absolute atomic E-state index is 0.329. The van der Waals surface area contributed by atoms with Gasteiger partial charge in [-0.3, -0.25) is 0 Å². The summed E-state index contributed by atoms with van der Waals surface area (Å²) in [5.41, 5.74) is 1.60. The van der Waals surface area contributed by atoms with E-state index in [1.165, 1.54) is 4.31 Å². The van der Waals surface area contributed by atoms with Crippen molar-refractivity contribution >= 4 is 21.6 Å². The third kappa shape index (κ3) is 2.87. The number of nitrogens with zero attached hydrogens (tertiary/aromatic N) is 1. The molecular weight excluding hydrogens is 270 g/mol. The SMILES string of the molecule is Cc1ccc(CCl)cc1S(=O)(=O)N(C)CC1CC1. The molecule has 0 spiro atoms. The molecule has 0 saturated heterocycles. The summed E-state index contributed by atoms with van der Waals surface area (Å²) in [6.45, 7) is 2.43. The highest BCUT2D eigenvalue weighted by Gasteiger charge is 2.29. The lowest BCUT2D eigenvalue weighted by molar-refractivity contribution is 0.452. The molecule has 100 valence electrons. The summed E-state index contributed by atoms with van der Waals surface area (Å²) in [5, 5.41) is 0. The molecule has 1 saturated carbocycles. The van der Waals surface area contributed by atoms with Crippen LogP contribution in [0.4, 0.5) is 0 Å². The van der Waals surface area contributed by atoms with E-state index in [0.717, 1.165) is 24.0 Å². The summed E-state index contributed by atoms with van der Waals surface area (Å²) in [5.74, 6) is 0.871. The molecule has 0 heterocycles. The summed E-state index contributed by atoms with van der Waals surface area (Å²) in [4.78, 5) is 0.379. The summed E-state index contributed by atoms with van der Waals surface area (Å²) >= 11 is 5.77. The molecule has 0 unspecified atom stereocenters. The topological polar surface area (TPSA) is 37.4 Å². The van der Waals surface area contributed by atoms with Crippen molar-refractivity contribution in [1.29, 1.82) is 0 Å². The molecule has 1 aromatic carbocycles. The van der Waals surface area contributed by atoms with E-state index in [0.29, 0.717) is 23.2 Å². The summed E-state index contributed by atoms with van der Waals surface area (Å²) in [6.07, 6.45) is 2.28. The van der Waals surface area contributed by atoms with Gasteiger partial charge in [0.1, 0.15) is 0 Å². The molecule has 3 nitrogen and oxygen atoms in total. The first kappa shape index (κ1) is 13.8. The summed E-state index contributed by atoms with van der Waals surface area (Å²) < 4.78 is 26.4. The lowest BCUT2D eigenvalue weighted by atomic mass is 10.2. The Labute approximate surface area is 114 Å². The van der Waals surface area contributed by atoms with E-state index in [4.69, 9.17) is 11.6 Å². The molecule has 1 aliphatic carbocycles. The maximum atomic E-state index is 12.5. The second kappa shape index (κ2) is 5.19. The minimum Gasteiger partial charge on any atom is -0.207 e. The third-order valence-corrected chi connectivity index (χ3v) is 5.58. The molecule has 0 aliphatic heterocycles. The first-order valence-corrected chi connectivity index (χ1v) is 8.04. The molecule has 5 heteroatoms. The number of halogens is 1. The monoisotopic (exact) mass is 287 g/mol. The third-order valence-electron chi connectivity index (χ3n) is 3.31. The van der Waals surface area contributed by atoms with Crippen molar-refractivity contribution in [3.05, 3.63) is 29.3 Å². The van der Waals surface area contributed by atoms with Gasteiger partial charge < -0.3 is 0 Å². The van der Waals surface area contributed by atoms with Crippen LogP contribution in [0.2, 0.25) is 0 Å². The van der Waals surface area contributed by atoms with E-state index in [-0.39, 0.29) is 0 Å². The zero-order chi connectivity index (χ0) is 13.3. The van der Waals surface area contributed by atoms with Gasteiger partial charge in [0, 0.05) is 19.5 Å². The molecule has 0 radical (unpaired) electrons. The Kier molecular flexibility index (Phi) is 3.99. The maximum absolute atomic E-state index is 12.5.